The summed E-state index contributed by atoms with van der Waals surface area (Å²) in [6.45, 7) is -0.952. The molecule has 0 aliphatic rings. The molecule has 0 spiro atoms. The molecule has 0 atom stereocenters. The largest absolute Gasteiger partial charge is 0.467 e. The van der Waals surface area contributed by atoms with Gasteiger partial charge in [-0.2, -0.15) is 13.2 Å². The lowest BCUT2D eigenvalue weighted by Gasteiger charge is -2.11. The highest BCUT2D eigenvalue weighted by molar-refractivity contribution is 5.01. The van der Waals surface area contributed by atoms with Crippen molar-refractivity contribution < 1.29 is 17.9 Å². The molecule has 15 heavy (non-hydrogen) atoms. The highest BCUT2D eigenvalue weighted by atomic mass is 19.4. The molecule has 0 radical (unpaired) electrons. The summed E-state index contributed by atoms with van der Waals surface area (Å²) >= 11 is 0. The number of methoxy groups -OCH3 is 1. The Hall–Kier alpha value is -1.31. The molecule has 0 amide bonds. The van der Waals surface area contributed by atoms with Crippen LogP contribution in [0.25, 0.3) is 0 Å². The van der Waals surface area contributed by atoms with E-state index in [4.69, 9.17) is 0 Å². The molecule has 0 saturated heterocycles. The fraction of sp³-hybridized carbons (Fsp3) is 0.714. The minimum absolute atomic E-state index is 0.141. The van der Waals surface area contributed by atoms with Crippen molar-refractivity contribution in [2.24, 2.45) is 0 Å². The SMILES string of the molecule is CNCc1nnc(OC)n1CC(F)(F)F. The van der Waals surface area contributed by atoms with Gasteiger partial charge in [0, 0.05) is 0 Å². The van der Waals surface area contributed by atoms with E-state index in [1.807, 2.05) is 0 Å². The molecule has 0 aromatic carbocycles. The number of nitrogens with zero attached hydrogens (tertiary/aromatic N) is 3. The third-order valence-corrected chi connectivity index (χ3v) is 1.65. The lowest BCUT2D eigenvalue weighted by Crippen LogP contribution is -2.22. The minimum atomic E-state index is -4.32. The van der Waals surface area contributed by atoms with E-state index in [0.717, 1.165) is 4.57 Å². The molecule has 86 valence electrons. The van der Waals surface area contributed by atoms with Crippen LogP contribution in [0.15, 0.2) is 0 Å². The van der Waals surface area contributed by atoms with E-state index in [1.54, 1.807) is 7.05 Å². The molecular formula is C7H11F3N4O. The van der Waals surface area contributed by atoms with Gasteiger partial charge in [-0.3, -0.25) is 4.57 Å². The molecule has 0 unspecified atom stereocenters. The van der Waals surface area contributed by atoms with Gasteiger partial charge in [-0.05, 0) is 7.05 Å². The zero-order chi connectivity index (χ0) is 11.5. The first-order valence-electron chi connectivity index (χ1n) is 4.15. The Bertz CT molecular complexity index is 323. The third-order valence-electron chi connectivity index (χ3n) is 1.65. The zero-order valence-corrected chi connectivity index (χ0v) is 8.30. The first-order chi connectivity index (χ1) is 6.98. The van der Waals surface area contributed by atoms with Crippen molar-refractivity contribution in [3.63, 3.8) is 0 Å². The van der Waals surface area contributed by atoms with E-state index in [-0.39, 0.29) is 18.4 Å². The van der Waals surface area contributed by atoms with Crippen molar-refractivity contribution in [1.82, 2.24) is 20.1 Å². The predicted octanol–water partition coefficient (Wildman–Crippen LogP) is 0.568. The maximum atomic E-state index is 12.2. The molecule has 5 nitrogen and oxygen atoms in total. The average molecular weight is 224 g/mol. The van der Waals surface area contributed by atoms with Crippen molar-refractivity contribution in [2.45, 2.75) is 19.3 Å². The smallest absolute Gasteiger partial charge is 0.406 e. The summed E-state index contributed by atoms with van der Waals surface area (Å²) in [7, 11) is 2.86. The van der Waals surface area contributed by atoms with E-state index in [9.17, 15) is 13.2 Å². The van der Waals surface area contributed by atoms with Crippen LogP contribution >= 0.6 is 0 Å². The standard InChI is InChI=1S/C7H11F3N4O/c1-11-3-5-12-13-6(15-2)14(5)4-7(8,9)10/h11H,3-4H2,1-2H3. The summed E-state index contributed by atoms with van der Waals surface area (Å²) in [6.07, 6.45) is -4.32. The summed E-state index contributed by atoms with van der Waals surface area (Å²) in [5.74, 6) is 0.187. The van der Waals surface area contributed by atoms with Crippen molar-refractivity contribution >= 4 is 0 Å². The second-order valence-corrected chi connectivity index (χ2v) is 2.83. The van der Waals surface area contributed by atoms with Gasteiger partial charge < -0.3 is 10.1 Å². The third kappa shape index (κ3) is 3.08. The second kappa shape index (κ2) is 4.47. The Morgan fingerprint density at radius 3 is 2.53 bits per heavy atom. The van der Waals surface area contributed by atoms with Crippen LogP contribution in [0.3, 0.4) is 0 Å². The summed E-state index contributed by atoms with van der Waals surface area (Å²) in [4.78, 5) is 0. The first kappa shape index (κ1) is 11.8. The number of aromatic nitrogens is 3. The van der Waals surface area contributed by atoms with Gasteiger partial charge in [0.05, 0.1) is 13.7 Å². The number of halogens is 3. The topological polar surface area (TPSA) is 52.0 Å². The molecule has 0 fully saturated rings. The number of ether oxygens (including phenoxy) is 1. The summed E-state index contributed by atoms with van der Waals surface area (Å²) in [5.41, 5.74) is 0. The van der Waals surface area contributed by atoms with E-state index in [1.165, 1.54) is 7.11 Å². The maximum absolute atomic E-state index is 12.2. The molecule has 0 aliphatic carbocycles. The van der Waals surface area contributed by atoms with Crippen LogP contribution in [0.2, 0.25) is 0 Å². The summed E-state index contributed by atoms with van der Waals surface area (Å²) < 4.78 is 42.2. The normalized spacial score (nSPS) is 11.8. The Kier molecular flexibility index (Phi) is 3.51. The quantitative estimate of drug-likeness (QED) is 0.812. The van der Waals surface area contributed by atoms with Gasteiger partial charge in [0.15, 0.2) is 0 Å². The van der Waals surface area contributed by atoms with Crippen LogP contribution in [0.1, 0.15) is 5.82 Å². The Balaban J connectivity index is 2.94. The Morgan fingerprint density at radius 1 is 1.40 bits per heavy atom. The molecule has 0 aliphatic heterocycles. The van der Waals surface area contributed by atoms with Gasteiger partial charge in [0.1, 0.15) is 12.4 Å². The number of hydrogen-bond donors (Lipinski definition) is 1. The number of alkyl halides is 3. The van der Waals surface area contributed by atoms with Crippen LogP contribution in [-0.4, -0.2) is 35.1 Å². The van der Waals surface area contributed by atoms with Crippen molar-refractivity contribution in [3.8, 4) is 6.01 Å². The lowest BCUT2D eigenvalue weighted by atomic mass is 10.5. The number of hydrogen-bond acceptors (Lipinski definition) is 4. The zero-order valence-electron chi connectivity index (χ0n) is 8.30. The molecule has 1 N–H and O–H groups in total. The monoisotopic (exact) mass is 224 g/mol. The van der Waals surface area contributed by atoms with E-state index in [2.05, 4.69) is 20.3 Å². The predicted molar refractivity (Wildman–Crippen MR) is 45.4 cm³/mol. The van der Waals surface area contributed by atoms with Crippen molar-refractivity contribution in [2.75, 3.05) is 14.2 Å². The molecule has 0 bridgehead atoms. The van der Waals surface area contributed by atoms with Crippen LogP contribution in [0.5, 0.6) is 6.01 Å². The van der Waals surface area contributed by atoms with Crippen LogP contribution in [-0.2, 0) is 13.1 Å². The molecule has 1 aromatic rings. The van der Waals surface area contributed by atoms with Crippen LogP contribution < -0.4 is 10.1 Å². The van der Waals surface area contributed by atoms with Crippen LogP contribution in [0.4, 0.5) is 13.2 Å². The average Bonchev–Trinajstić information content (AvgIpc) is 2.47. The van der Waals surface area contributed by atoms with E-state index >= 15 is 0 Å². The first-order valence-corrected chi connectivity index (χ1v) is 4.15. The van der Waals surface area contributed by atoms with Gasteiger partial charge in [-0.15, -0.1) is 5.10 Å². The molecule has 0 saturated carbocycles. The molecular weight excluding hydrogens is 213 g/mol. The number of rotatable bonds is 4. The minimum Gasteiger partial charge on any atom is -0.467 e. The maximum Gasteiger partial charge on any atom is 0.406 e. The fourth-order valence-electron chi connectivity index (χ4n) is 1.10. The fourth-order valence-corrected chi connectivity index (χ4v) is 1.10. The van der Waals surface area contributed by atoms with Gasteiger partial charge in [0.25, 0.3) is 0 Å². The van der Waals surface area contributed by atoms with E-state index < -0.39 is 12.7 Å². The highest BCUT2D eigenvalue weighted by Crippen LogP contribution is 2.21. The van der Waals surface area contributed by atoms with Gasteiger partial charge in [-0.1, -0.05) is 5.10 Å². The lowest BCUT2D eigenvalue weighted by molar-refractivity contribution is -0.141. The van der Waals surface area contributed by atoms with Gasteiger partial charge >= 0.3 is 12.2 Å². The summed E-state index contributed by atoms with van der Waals surface area (Å²) in [5, 5.41) is 9.78. The Morgan fingerprint density at radius 2 is 2.07 bits per heavy atom. The molecule has 1 heterocycles. The Labute approximate surface area is 84.2 Å². The molecule has 8 heteroatoms. The molecule has 1 aromatic heterocycles. The van der Waals surface area contributed by atoms with Crippen molar-refractivity contribution in [1.29, 1.82) is 0 Å². The van der Waals surface area contributed by atoms with Crippen LogP contribution in [0, 0.1) is 0 Å². The number of nitrogens with one attached hydrogen (secondary N) is 1. The van der Waals surface area contributed by atoms with Gasteiger partial charge in [0.2, 0.25) is 0 Å². The molecule has 1 rings (SSSR count). The van der Waals surface area contributed by atoms with Gasteiger partial charge in [-0.25, -0.2) is 0 Å². The van der Waals surface area contributed by atoms with Crippen molar-refractivity contribution in [3.05, 3.63) is 5.82 Å². The van der Waals surface area contributed by atoms with E-state index in [0.29, 0.717) is 0 Å². The second-order valence-electron chi connectivity index (χ2n) is 2.83. The summed E-state index contributed by atoms with van der Waals surface area (Å²) in [6, 6.07) is -0.141. The highest BCUT2D eigenvalue weighted by Gasteiger charge is 2.31.